The number of fused-ring (bicyclic) bond motifs is 1. The standard InChI is InChI=1S/C11H14BrN5/c1-16-2-4-17(5-3-16)11-10-9(14-7-15-10)8(12)6-13-11/h6-7H,2-5H2,1H3,(H,14,15). The third-order valence-corrected chi connectivity index (χ3v) is 3.77. The molecule has 2 aromatic heterocycles. The normalized spacial score (nSPS) is 17.9. The third-order valence-electron chi connectivity index (χ3n) is 3.19. The molecular formula is C11H14BrN5. The first-order valence-corrected chi connectivity index (χ1v) is 6.46. The van der Waals surface area contributed by atoms with Crippen molar-refractivity contribution in [1.82, 2.24) is 19.9 Å². The van der Waals surface area contributed by atoms with Gasteiger partial charge in [-0.2, -0.15) is 0 Å². The molecule has 1 saturated heterocycles. The van der Waals surface area contributed by atoms with Gasteiger partial charge in [-0.1, -0.05) is 0 Å². The van der Waals surface area contributed by atoms with Gasteiger partial charge in [0.1, 0.15) is 11.0 Å². The molecule has 6 heteroatoms. The molecule has 3 rings (SSSR count). The molecule has 2 aromatic rings. The molecule has 0 bridgehead atoms. The molecule has 0 spiro atoms. The Kier molecular flexibility index (Phi) is 2.76. The summed E-state index contributed by atoms with van der Waals surface area (Å²) in [5, 5.41) is 0. The van der Waals surface area contributed by atoms with Crippen LogP contribution in [0.2, 0.25) is 0 Å². The van der Waals surface area contributed by atoms with Crippen molar-refractivity contribution in [3.63, 3.8) is 0 Å². The average Bonchev–Trinajstić information content (AvgIpc) is 2.81. The summed E-state index contributed by atoms with van der Waals surface area (Å²) in [5.41, 5.74) is 1.97. The second kappa shape index (κ2) is 4.27. The van der Waals surface area contributed by atoms with E-state index in [0.717, 1.165) is 47.5 Å². The van der Waals surface area contributed by atoms with Crippen LogP contribution in [0.15, 0.2) is 17.0 Å². The van der Waals surface area contributed by atoms with Crippen molar-refractivity contribution in [3.8, 4) is 0 Å². The van der Waals surface area contributed by atoms with E-state index in [-0.39, 0.29) is 0 Å². The third kappa shape index (κ3) is 1.91. The van der Waals surface area contributed by atoms with E-state index >= 15 is 0 Å². The lowest BCUT2D eigenvalue weighted by Crippen LogP contribution is -2.44. The predicted molar refractivity (Wildman–Crippen MR) is 71.3 cm³/mol. The van der Waals surface area contributed by atoms with E-state index in [0.29, 0.717) is 0 Å². The Morgan fingerprint density at radius 1 is 1.24 bits per heavy atom. The highest BCUT2D eigenvalue weighted by molar-refractivity contribution is 9.10. The van der Waals surface area contributed by atoms with Gasteiger partial charge < -0.3 is 14.8 Å². The molecule has 0 amide bonds. The van der Waals surface area contributed by atoms with Crippen molar-refractivity contribution in [2.45, 2.75) is 0 Å². The zero-order valence-corrected chi connectivity index (χ0v) is 11.2. The number of piperazine rings is 1. The molecule has 0 aliphatic carbocycles. The molecule has 0 unspecified atom stereocenters. The molecule has 5 nitrogen and oxygen atoms in total. The van der Waals surface area contributed by atoms with Gasteiger partial charge in [-0.25, -0.2) is 9.97 Å². The molecule has 1 fully saturated rings. The van der Waals surface area contributed by atoms with Crippen LogP contribution in [-0.4, -0.2) is 53.1 Å². The summed E-state index contributed by atoms with van der Waals surface area (Å²) in [6.07, 6.45) is 3.55. The van der Waals surface area contributed by atoms with E-state index in [1.807, 2.05) is 6.20 Å². The first kappa shape index (κ1) is 11.0. The monoisotopic (exact) mass is 295 g/mol. The van der Waals surface area contributed by atoms with Crippen molar-refractivity contribution in [1.29, 1.82) is 0 Å². The Hall–Kier alpha value is -1.14. The Labute approximate surface area is 108 Å². The van der Waals surface area contributed by atoms with Gasteiger partial charge in [0.25, 0.3) is 0 Å². The topological polar surface area (TPSA) is 48.1 Å². The molecule has 0 aromatic carbocycles. The number of hydrogen-bond acceptors (Lipinski definition) is 4. The zero-order valence-electron chi connectivity index (χ0n) is 9.65. The van der Waals surface area contributed by atoms with Crippen molar-refractivity contribution in [3.05, 3.63) is 17.0 Å². The van der Waals surface area contributed by atoms with Crippen LogP contribution in [0.25, 0.3) is 11.0 Å². The van der Waals surface area contributed by atoms with E-state index < -0.39 is 0 Å². The molecule has 0 atom stereocenters. The minimum atomic E-state index is 0.937. The van der Waals surface area contributed by atoms with Crippen LogP contribution < -0.4 is 4.90 Å². The van der Waals surface area contributed by atoms with Gasteiger partial charge in [0.05, 0.1) is 10.8 Å². The van der Waals surface area contributed by atoms with E-state index in [4.69, 9.17) is 0 Å². The summed E-state index contributed by atoms with van der Waals surface area (Å²) < 4.78 is 0.937. The van der Waals surface area contributed by atoms with E-state index in [2.05, 4.69) is 47.7 Å². The Bertz CT molecular complexity index is 530. The number of imidazole rings is 1. The summed E-state index contributed by atoms with van der Waals surface area (Å²) >= 11 is 3.47. The summed E-state index contributed by atoms with van der Waals surface area (Å²) in [6, 6.07) is 0. The van der Waals surface area contributed by atoms with E-state index in [9.17, 15) is 0 Å². The summed E-state index contributed by atoms with van der Waals surface area (Å²) in [5.74, 6) is 1.01. The number of anilines is 1. The smallest absolute Gasteiger partial charge is 0.154 e. The zero-order chi connectivity index (χ0) is 11.8. The molecule has 1 N–H and O–H groups in total. The number of H-pyrrole nitrogens is 1. The lowest BCUT2D eigenvalue weighted by molar-refractivity contribution is 0.312. The SMILES string of the molecule is CN1CCN(c2ncc(Br)c3nc[nH]c23)CC1. The summed E-state index contributed by atoms with van der Waals surface area (Å²) in [7, 11) is 2.15. The second-order valence-corrected chi connectivity index (χ2v) is 5.20. The largest absolute Gasteiger partial charge is 0.352 e. The fraction of sp³-hybridized carbons (Fsp3) is 0.455. The summed E-state index contributed by atoms with van der Waals surface area (Å²) in [6.45, 7) is 4.18. The van der Waals surface area contributed by atoms with Crippen molar-refractivity contribution in [2.24, 2.45) is 0 Å². The first-order chi connectivity index (χ1) is 8.25. The number of aromatic nitrogens is 3. The molecule has 0 saturated carbocycles. The van der Waals surface area contributed by atoms with Gasteiger partial charge in [0, 0.05) is 32.4 Å². The van der Waals surface area contributed by atoms with Crippen LogP contribution in [0.5, 0.6) is 0 Å². The predicted octanol–water partition coefficient (Wildman–Crippen LogP) is 1.47. The first-order valence-electron chi connectivity index (χ1n) is 5.67. The van der Waals surface area contributed by atoms with Gasteiger partial charge in [0.2, 0.25) is 0 Å². The fourth-order valence-electron chi connectivity index (χ4n) is 2.15. The number of likely N-dealkylation sites (N-methyl/N-ethyl adjacent to an activating group) is 1. The van der Waals surface area contributed by atoms with Crippen molar-refractivity contribution in [2.75, 3.05) is 38.1 Å². The van der Waals surface area contributed by atoms with E-state index in [1.54, 1.807) is 6.33 Å². The van der Waals surface area contributed by atoms with Crippen LogP contribution in [-0.2, 0) is 0 Å². The summed E-state index contributed by atoms with van der Waals surface area (Å²) in [4.78, 5) is 16.6. The molecule has 17 heavy (non-hydrogen) atoms. The number of nitrogens with zero attached hydrogens (tertiary/aromatic N) is 4. The molecule has 0 radical (unpaired) electrons. The number of pyridine rings is 1. The highest BCUT2D eigenvalue weighted by atomic mass is 79.9. The number of rotatable bonds is 1. The van der Waals surface area contributed by atoms with Gasteiger partial charge in [-0.05, 0) is 23.0 Å². The van der Waals surface area contributed by atoms with Crippen LogP contribution in [0, 0.1) is 0 Å². The fourth-order valence-corrected chi connectivity index (χ4v) is 2.55. The Morgan fingerprint density at radius 3 is 2.76 bits per heavy atom. The van der Waals surface area contributed by atoms with Gasteiger partial charge in [-0.3, -0.25) is 0 Å². The van der Waals surface area contributed by atoms with Crippen molar-refractivity contribution < 1.29 is 0 Å². The van der Waals surface area contributed by atoms with Crippen LogP contribution in [0.1, 0.15) is 0 Å². The Balaban J connectivity index is 2.00. The van der Waals surface area contributed by atoms with Crippen LogP contribution in [0.3, 0.4) is 0 Å². The average molecular weight is 296 g/mol. The van der Waals surface area contributed by atoms with Gasteiger partial charge in [0.15, 0.2) is 5.82 Å². The van der Waals surface area contributed by atoms with Crippen molar-refractivity contribution >= 4 is 32.8 Å². The van der Waals surface area contributed by atoms with Gasteiger partial charge >= 0.3 is 0 Å². The molecule has 3 heterocycles. The minimum absolute atomic E-state index is 0.937. The quantitative estimate of drug-likeness (QED) is 0.866. The van der Waals surface area contributed by atoms with Crippen LogP contribution in [0.4, 0.5) is 5.82 Å². The minimum Gasteiger partial charge on any atom is -0.352 e. The highest BCUT2D eigenvalue weighted by Gasteiger charge is 2.19. The maximum absolute atomic E-state index is 4.52. The number of hydrogen-bond donors (Lipinski definition) is 1. The molecule has 90 valence electrons. The Morgan fingerprint density at radius 2 is 2.00 bits per heavy atom. The number of halogens is 1. The molecule has 1 aliphatic heterocycles. The highest BCUT2D eigenvalue weighted by Crippen LogP contribution is 2.27. The van der Waals surface area contributed by atoms with Crippen LogP contribution >= 0.6 is 15.9 Å². The maximum atomic E-state index is 4.52. The van der Waals surface area contributed by atoms with E-state index in [1.165, 1.54) is 0 Å². The molecular weight excluding hydrogens is 282 g/mol. The second-order valence-electron chi connectivity index (χ2n) is 4.35. The lowest BCUT2D eigenvalue weighted by Gasteiger charge is -2.33. The lowest BCUT2D eigenvalue weighted by atomic mass is 10.3. The molecule has 1 aliphatic rings. The van der Waals surface area contributed by atoms with Gasteiger partial charge in [-0.15, -0.1) is 0 Å². The maximum Gasteiger partial charge on any atom is 0.154 e. The number of aromatic amines is 1. The number of nitrogens with one attached hydrogen (secondary N) is 1.